The molecule has 1 fully saturated rings. The summed E-state index contributed by atoms with van der Waals surface area (Å²) in [6.07, 6.45) is 2.10. The number of hydrogen-bond donors (Lipinski definition) is 1. The molecule has 5 heteroatoms. The Balaban J connectivity index is 2.05. The standard InChI is InChI=1S/C16H26N2O2S/c1-3-17-11-15-7-4-8-16(10-15)13-21(19,20)18-9-5-6-14(2)12-18/h4,7-8,10,14,17H,3,5-6,9,11-13H2,1-2H3. The fourth-order valence-corrected chi connectivity index (χ4v) is 4.47. The first kappa shape index (κ1) is 16.5. The van der Waals surface area contributed by atoms with Gasteiger partial charge in [-0.25, -0.2) is 12.7 Å². The van der Waals surface area contributed by atoms with Gasteiger partial charge in [0, 0.05) is 19.6 Å². The van der Waals surface area contributed by atoms with Gasteiger partial charge in [-0.1, -0.05) is 38.1 Å². The third-order valence-electron chi connectivity index (χ3n) is 3.93. The van der Waals surface area contributed by atoms with E-state index in [1.807, 2.05) is 24.3 Å². The second kappa shape index (κ2) is 7.38. The van der Waals surface area contributed by atoms with Crippen molar-refractivity contribution in [3.8, 4) is 0 Å². The third kappa shape index (κ3) is 4.80. The van der Waals surface area contributed by atoms with Crippen LogP contribution in [0.2, 0.25) is 0 Å². The van der Waals surface area contributed by atoms with Gasteiger partial charge >= 0.3 is 0 Å². The Hall–Kier alpha value is -0.910. The number of hydrogen-bond acceptors (Lipinski definition) is 3. The van der Waals surface area contributed by atoms with Gasteiger partial charge in [-0.3, -0.25) is 0 Å². The topological polar surface area (TPSA) is 49.4 Å². The summed E-state index contributed by atoms with van der Waals surface area (Å²) in [5.74, 6) is 0.577. The van der Waals surface area contributed by atoms with Gasteiger partial charge in [0.1, 0.15) is 0 Å². The van der Waals surface area contributed by atoms with Crippen molar-refractivity contribution < 1.29 is 8.42 Å². The van der Waals surface area contributed by atoms with Crippen LogP contribution >= 0.6 is 0 Å². The molecule has 1 unspecified atom stereocenters. The number of piperidine rings is 1. The molecule has 118 valence electrons. The summed E-state index contributed by atoms with van der Waals surface area (Å²) >= 11 is 0. The Kier molecular flexibility index (Phi) is 5.79. The van der Waals surface area contributed by atoms with Crippen molar-refractivity contribution in [3.63, 3.8) is 0 Å². The summed E-state index contributed by atoms with van der Waals surface area (Å²) < 4.78 is 26.7. The van der Waals surface area contributed by atoms with Crippen LogP contribution in [0.1, 0.15) is 37.8 Å². The van der Waals surface area contributed by atoms with Crippen molar-refractivity contribution in [1.29, 1.82) is 0 Å². The molecule has 1 heterocycles. The van der Waals surface area contributed by atoms with E-state index < -0.39 is 10.0 Å². The van der Waals surface area contributed by atoms with E-state index in [2.05, 4.69) is 19.2 Å². The van der Waals surface area contributed by atoms with E-state index in [1.165, 1.54) is 0 Å². The van der Waals surface area contributed by atoms with Crippen molar-refractivity contribution in [3.05, 3.63) is 35.4 Å². The normalized spacial score (nSPS) is 20.6. The highest BCUT2D eigenvalue weighted by atomic mass is 32.2. The first-order chi connectivity index (χ1) is 10.0. The van der Waals surface area contributed by atoms with Crippen LogP contribution in [-0.4, -0.2) is 32.4 Å². The highest BCUT2D eigenvalue weighted by molar-refractivity contribution is 7.88. The monoisotopic (exact) mass is 310 g/mol. The van der Waals surface area contributed by atoms with Gasteiger partial charge in [-0.15, -0.1) is 0 Å². The molecular weight excluding hydrogens is 284 g/mol. The smallest absolute Gasteiger partial charge is 0.218 e. The van der Waals surface area contributed by atoms with Crippen molar-refractivity contribution in [2.75, 3.05) is 19.6 Å². The fourth-order valence-electron chi connectivity index (χ4n) is 2.80. The van der Waals surface area contributed by atoms with Crippen LogP contribution in [0, 0.1) is 5.92 Å². The van der Waals surface area contributed by atoms with Gasteiger partial charge in [-0.2, -0.15) is 0 Å². The Morgan fingerprint density at radius 1 is 1.33 bits per heavy atom. The third-order valence-corrected chi connectivity index (χ3v) is 5.75. The minimum absolute atomic E-state index is 0.111. The van der Waals surface area contributed by atoms with Crippen LogP contribution in [0.3, 0.4) is 0 Å². The minimum atomic E-state index is -3.19. The number of rotatable bonds is 6. The number of sulfonamides is 1. The maximum absolute atomic E-state index is 12.5. The molecule has 0 aliphatic carbocycles. The molecule has 4 nitrogen and oxygen atoms in total. The lowest BCUT2D eigenvalue weighted by Crippen LogP contribution is -2.39. The van der Waals surface area contributed by atoms with Crippen LogP contribution in [-0.2, 0) is 22.3 Å². The molecule has 21 heavy (non-hydrogen) atoms. The van der Waals surface area contributed by atoms with Crippen molar-refractivity contribution >= 4 is 10.0 Å². The molecule has 0 bridgehead atoms. The molecule has 1 N–H and O–H groups in total. The zero-order chi connectivity index (χ0) is 15.3. The number of nitrogens with zero attached hydrogens (tertiary/aromatic N) is 1. The van der Waals surface area contributed by atoms with Gasteiger partial charge in [-0.05, 0) is 36.4 Å². The Morgan fingerprint density at radius 3 is 2.81 bits per heavy atom. The van der Waals surface area contributed by atoms with E-state index >= 15 is 0 Å². The summed E-state index contributed by atoms with van der Waals surface area (Å²) in [6.45, 7) is 7.22. The molecule has 2 rings (SSSR count). The zero-order valence-electron chi connectivity index (χ0n) is 13.0. The Bertz CT molecular complexity index is 557. The van der Waals surface area contributed by atoms with Gasteiger partial charge in [0.15, 0.2) is 0 Å². The maximum atomic E-state index is 12.5. The average Bonchev–Trinajstić information content (AvgIpc) is 2.45. The molecule has 0 amide bonds. The van der Waals surface area contributed by atoms with Crippen molar-refractivity contribution in [1.82, 2.24) is 9.62 Å². The second-order valence-corrected chi connectivity index (χ2v) is 7.93. The zero-order valence-corrected chi connectivity index (χ0v) is 13.8. The first-order valence-corrected chi connectivity index (χ1v) is 9.38. The minimum Gasteiger partial charge on any atom is -0.313 e. The van der Waals surface area contributed by atoms with Crippen LogP contribution < -0.4 is 5.32 Å². The Labute approximate surface area is 128 Å². The van der Waals surface area contributed by atoms with Gasteiger partial charge in [0.25, 0.3) is 0 Å². The Morgan fingerprint density at radius 2 is 2.10 bits per heavy atom. The number of nitrogens with one attached hydrogen (secondary N) is 1. The summed E-state index contributed by atoms with van der Waals surface area (Å²) in [5, 5.41) is 3.26. The molecule has 0 aromatic heterocycles. The molecule has 1 aromatic rings. The predicted molar refractivity (Wildman–Crippen MR) is 86.4 cm³/mol. The van der Waals surface area contributed by atoms with Gasteiger partial charge < -0.3 is 5.32 Å². The van der Waals surface area contributed by atoms with E-state index in [4.69, 9.17) is 0 Å². The molecule has 1 atom stereocenters. The summed E-state index contributed by atoms with van der Waals surface area (Å²) in [7, 11) is -3.19. The predicted octanol–water partition coefficient (Wildman–Crippen LogP) is 2.36. The van der Waals surface area contributed by atoms with E-state index in [0.29, 0.717) is 19.0 Å². The SMILES string of the molecule is CCNCc1cccc(CS(=O)(=O)N2CCCC(C)C2)c1. The summed E-state index contributed by atoms with van der Waals surface area (Å²) in [5.41, 5.74) is 2.01. The average molecular weight is 310 g/mol. The fraction of sp³-hybridized carbons (Fsp3) is 0.625. The summed E-state index contributed by atoms with van der Waals surface area (Å²) in [4.78, 5) is 0. The van der Waals surface area contributed by atoms with Gasteiger partial charge in [0.05, 0.1) is 5.75 Å². The van der Waals surface area contributed by atoms with E-state index in [1.54, 1.807) is 4.31 Å². The van der Waals surface area contributed by atoms with E-state index in [-0.39, 0.29) is 5.75 Å². The molecule has 1 aliphatic rings. The van der Waals surface area contributed by atoms with Gasteiger partial charge in [0.2, 0.25) is 10.0 Å². The van der Waals surface area contributed by atoms with Crippen LogP contribution in [0.5, 0.6) is 0 Å². The molecule has 0 radical (unpaired) electrons. The van der Waals surface area contributed by atoms with Crippen LogP contribution in [0.15, 0.2) is 24.3 Å². The molecule has 1 saturated heterocycles. The van der Waals surface area contributed by atoms with Crippen LogP contribution in [0.25, 0.3) is 0 Å². The highest BCUT2D eigenvalue weighted by Crippen LogP contribution is 2.21. The van der Waals surface area contributed by atoms with Crippen LogP contribution in [0.4, 0.5) is 0 Å². The lowest BCUT2D eigenvalue weighted by Gasteiger charge is -2.30. The molecule has 0 spiro atoms. The van der Waals surface area contributed by atoms with E-state index in [0.717, 1.165) is 37.1 Å². The maximum Gasteiger partial charge on any atom is 0.218 e. The quantitative estimate of drug-likeness (QED) is 0.877. The lowest BCUT2D eigenvalue weighted by atomic mass is 10.0. The van der Waals surface area contributed by atoms with E-state index in [9.17, 15) is 8.42 Å². The molecular formula is C16H26N2O2S. The first-order valence-electron chi connectivity index (χ1n) is 7.77. The summed E-state index contributed by atoms with van der Waals surface area (Å²) in [6, 6.07) is 7.87. The second-order valence-electron chi connectivity index (χ2n) is 5.96. The highest BCUT2D eigenvalue weighted by Gasteiger charge is 2.27. The molecule has 0 saturated carbocycles. The van der Waals surface area contributed by atoms with Crippen molar-refractivity contribution in [2.45, 2.75) is 39.0 Å². The molecule has 1 aromatic carbocycles. The largest absolute Gasteiger partial charge is 0.313 e. The number of benzene rings is 1. The molecule has 1 aliphatic heterocycles. The van der Waals surface area contributed by atoms with Crippen molar-refractivity contribution in [2.24, 2.45) is 5.92 Å². The lowest BCUT2D eigenvalue weighted by molar-refractivity contribution is 0.281.